The third-order valence-corrected chi connectivity index (χ3v) is 5.96. The maximum atomic E-state index is 13.0. The van der Waals surface area contributed by atoms with Gasteiger partial charge in [0, 0.05) is 25.3 Å². The van der Waals surface area contributed by atoms with E-state index in [0.29, 0.717) is 53.7 Å². The minimum Gasteiger partial charge on any atom is -0.394 e. The summed E-state index contributed by atoms with van der Waals surface area (Å²) in [5.41, 5.74) is 1.19. The smallest absolute Gasteiger partial charge is 0.371 e. The van der Waals surface area contributed by atoms with Crippen LogP contribution in [0.4, 0.5) is 5.95 Å². The van der Waals surface area contributed by atoms with Crippen LogP contribution in [0, 0.1) is 6.57 Å². The van der Waals surface area contributed by atoms with Gasteiger partial charge in [-0.2, -0.15) is 9.97 Å². The molecule has 5 rings (SSSR count). The summed E-state index contributed by atoms with van der Waals surface area (Å²) in [7, 11) is 0. The van der Waals surface area contributed by atoms with Crippen LogP contribution in [0.1, 0.15) is 18.9 Å². The van der Waals surface area contributed by atoms with Gasteiger partial charge in [-0.1, -0.05) is 0 Å². The molecule has 4 aromatic heterocycles. The molecule has 1 aliphatic heterocycles. The van der Waals surface area contributed by atoms with Gasteiger partial charge < -0.3 is 14.9 Å². The van der Waals surface area contributed by atoms with E-state index in [0.717, 1.165) is 0 Å². The number of piperidine rings is 1. The van der Waals surface area contributed by atoms with Gasteiger partial charge in [0.05, 0.1) is 40.1 Å². The predicted molar refractivity (Wildman–Crippen MR) is 121 cm³/mol. The summed E-state index contributed by atoms with van der Waals surface area (Å²) >= 11 is 0. The third kappa shape index (κ3) is 3.57. The summed E-state index contributed by atoms with van der Waals surface area (Å²) in [4.78, 5) is 61.5. The Morgan fingerprint density at radius 2 is 1.88 bits per heavy atom. The zero-order chi connectivity index (χ0) is 23.8. The van der Waals surface area contributed by atoms with Crippen molar-refractivity contribution in [2.24, 2.45) is 0 Å². The zero-order valence-corrected chi connectivity index (χ0v) is 17.8. The zero-order valence-electron chi connectivity index (χ0n) is 17.8. The number of amides is 1. The van der Waals surface area contributed by atoms with E-state index < -0.39 is 17.9 Å². The van der Waals surface area contributed by atoms with E-state index in [9.17, 15) is 14.4 Å². The number of carbonyl (C=O) groups excluding carboxylic acids is 1. The number of likely N-dealkylation sites (tertiary alicyclic amines) is 1. The summed E-state index contributed by atoms with van der Waals surface area (Å²) in [6.45, 7) is 7.20. The van der Waals surface area contributed by atoms with Crippen LogP contribution < -0.4 is 11.2 Å². The highest BCUT2D eigenvalue weighted by Crippen LogP contribution is 2.28. The molecule has 2 N–H and O–H groups in total. The van der Waals surface area contributed by atoms with Crippen LogP contribution >= 0.6 is 0 Å². The van der Waals surface area contributed by atoms with E-state index in [1.165, 1.54) is 23.2 Å². The molecule has 0 spiro atoms. The SMILES string of the molecule is [C-]#[N+]c1ncc(-c2ccc3ncc4c(=O)[nH]c(=O)n(C5CCN(C(=O)CO)CC5)c4c3n2)cn1. The van der Waals surface area contributed by atoms with Gasteiger partial charge in [-0.3, -0.25) is 24.1 Å². The van der Waals surface area contributed by atoms with E-state index in [4.69, 9.17) is 16.7 Å². The number of aromatic amines is 1. The molecule has 0 radical (unpaired) electrons. The number of hydrogen-bond acceptors (Lipinski definition) is 8. The van der Waals surface area contributed by atoms with Crippen molar-refractivity contribution in [3.05, 3.63) is 63.0 Å². The molecule has 1 saturated heterocycles. The lowest BCUT2D eigenvalue weighted by Gasteiger charge is -2.33. The number of aliphatic hydroxyl groups excluding tert-OH is 1. The van der Waals surface area contributed by atoms with Crippen molar-refractivity contribution in [1.29, 1.82) is 0 Å². The topological polar surface area (TPSA) is 151 Å². The number of nitrogens with zero attached hydrogens (tertiary/aromatic N) is 7. The molecular weight excluding hydrogens is 440 g/mol. The van der Waals surface area contributed by atoms with Gasteiger partial charge in [0.15, 0.2) is 0 Å². The van der Waals surface area contributed by atoms with E-state index >= 15 is 0 Å². The number of nitrogens with one attached hydrogen (secondary N) is 1. The summed E-state index contributed by atoms with van der Waals surface area (Å²) in [5.74, 6) is -0.340. The number of carbonyl (C=O) groups is 1. The first-order valence-electron chi connectivity index (χ1n) is 10.5. The van der Waals surface area contributed by atoms with Gasteiger partial charge in [-0.05, 0) is 25.0 Å². The molecule has 0 unspecified atom stereocenters. The largest absolute Gasteiger partial charge is 0.394 e. The molecule has 1 aliphatic rings. The van der Waals surface area contributed by atoms with Gasteiger partial charge in [0.25, 0.3) is 5.56 Å². The number of fused-ring (bicyclic) bond motifs is 3. The van der Waals surface area contributed by atoms with Crippen LogP contribution in [-0.4, -0.2) is 65.1 Å². The van der Waals surface area contributed by atoms with Crippen LogP contribution in [-0.2, 0) is 4.79 Å². The minimum absolute atomic E-state index is 0.0167. The minimum atomic E-state index is -0.561. The van der Waals surface area contributed by atoms with Crippen molar-refractivity contribution in [2.75, 3.05) is 19.7 Å². The maximum Gasteiger partial charge on any atom is 0.371 e. The number of rotatable bonds is 3. The Kier molecular flexibility index (Phi) is 5.31. The van der Waals surface area contributed by atoms with Gasteiger partial charge in [0.2, 0.25) is 5.91 Å². The molecule has 34 heavy (non-hydrogen) atoms. The average molecular weight is 458 g/mol. The second kappa shape index (κ2) is 8.45. The Hall–Kier alpha value is -4.50. The lowest BCUT2D eigenvalue weighted by molar-refractivity contribution is -0.135. The number of H-pyrrole nitrogens is 1. The molecule has 12 nitrogen and oxygen atoms in total. The normalized spacial score (nSPS) is 14.4. The third-order valence-electron chi connectivity index (χ3n) is 5.96. The fraction of sp³-hybridized carbons (Fsp3) is 0.273. The molecule has 12 heteroatoms. The molecule has 170 valence electrons. The maximum absolute atomic E-state index is 13.0. The standard InChI is InChI=1S/C22H18N8O4/c1-23-21-25-8-12(9-26-21)15-2-3-16-18(27-15)19-14(10-24-16)20(33)28-22(34)30(19)13-4-6-29(7-5-13)17(32)11-31/h2-3,8-10,13,31H,4-7,11H2,(H,28,33,34). The lowest BCUT2D eigenvalue weighted by atomic mass is 10.0. The molecular formula is C22H18N8O4. The molecule has 0 bridgehead atoms. The van der Waals surface area contributed by atoms with E-state index in [1.807, 2.05) is 0 Å². The van der Waals surface area contributed by atoms with Crippen molar-refractivity contribution in [3.63, 3.8) is 0 Å². The fourth-order valence-electron chi connectivity index (χ4n) is 4.28. The Balaban J connectivity index is 1.68. The first kappa shape index (κ1) is 21.4. The highest BCUT2D eigenvalue weighted by molar-refractivity contribution is 6.01. The van der Waals surface area contributed by atoms with Gasteiger partial charge in [-0.25, -0.2) is 9.78 Å². The second-order valence-electron chi connectivity index (χ2n) is 7.87. The van der Waals surface area contributed by atoms with E-state index in [-0.39, 0.29) is 23.3 Å². The monoisotopic (exact) mass is 458 g/mol. The number of pyridine rings is 2. The van der Waals surface area contributed by atoms with Crippen molar-refractivity contribution in [2.45, 2.75) is 18.9 Å². The van der Waals surface area contributed by atoms with Gasteiger partial charge >= 0.3 is 11.6 Å². The summed E-state index contributed by atoms with van der Waals surface area (Å²) in [6.07, 6.45) is 5.35. The van der Waals surface area contributed by atoms with Crippen molar-refractivity contribution < 1.29 is 9.90 Å². The average Bonchev–Trinajstić information content (AvgIpc) is 2.88. The predicted octanol–water partition coefficient (Wildman–Crippen LogP) is 0.797. The summed E-state index contributed by atoms with van der Waals surface area (Å²) < 4.78 is 1.52. The number of aromatic nitrogens is 6. The van der Waals surface area contributed by atoms with Crippen LogP contribution in [0.3, 0.4) is 0 Å². The molecule has 0 atom stereocenters. The highest BCUT2D eigenvalue weighted by atomic mass is 16.3. The van der Waals surface area contributed by atoms with E-state index in [1.54, 1.807) is 17.0 Å². The summed E-state index contributed by atoms with van der Waals surface area (Å²) in [5, 5.41) is 9.36. The Bertz CT molecular complexity index is 1580. The molecule has 1 fully saturated rings. The Labute approximate surface area is 191 Å². The van der Waals surface area contributed by atoms with Crippen molar-refractivity contribution in [1.82, 2.24) is 34.4 Å². The van der Waals surface area contributed by atoms with Crippen LogP contribution in [0.25, 0.3) is 38.0 Å². The number of hydrogen-bond donors (Lipinski definition) is 2. The second-order valence-corrected chi connectivity index (χ2v) is 7.87. The first-order chi connectivity index (χ1) is 16.5. The quantitative estimate of drug-likeness (QED) is 0.338. The summed E-state index contributed by atoms with van der Waals surface area (Å²) in [6, 6.07) is 3.18. The Morgan fingerprint density at radius 3 is 2.56 bits per heavy atom. The van der Waals surface area contributed by atoms with Crippen LogP contribution in [0.5, 0.6) is 0 Å². The molecule has 4 aromatic rings. The highest BCUT2D eigenvalue weighted by Gasteiger charge is 2.26. The molecule has 1 amide bonds. The molecule has 5 heterocycles. The number of aliphatic hydroxyl groups is 1. The first-order valence-corrected chi connectivity index (χ1v) is 10.5. The molecule has 0 aromatic carbocycles. The van der Waals surface area contributed by atoms with Gasteiger partial charge in [0.1, 0.15) is 12.1 Å². The van der Waals surface area contributed by atoms with Crippen molar-refractivity contribution >= 4 is 33.8 Å². The van der Waals surface area contributed by atoms with E-state index in [2.05, 4.69) is 24.8 Å². The molecule has 0 saturated carbocycles. The van der Waals surface area contributed by atoms with Gasteiger partial charge in [-0.15, -0.1) is 6.57 Å². The fourth-order valence-corrected chi connectivity index (χ4v) is 4.28. The lowest BCUT2D eigenvalue weighted by Crippen LogP contribution is -2.43. The molecule has 0 aliphatic carbocycles. The van der Waals surface area contributed by atoms with Crippen molar-refractivity contribution in [3.8, 4) is 11.3 Å². The Morgan fingerprint density at radius 1 is 1.15 bits per heavy atom. The van der Waals surface area contributed by atoms with Crippen LogP contribution in [0.2, 0.25) is 0 Å². The van der Waals surface area contributed by atoms with Crippen LogP contribution in [0.15, 0.2) is 40.3 Å².